The molecule has 8 heteroatoms. The average molecular weight is 439 g/mol. The van der Waals surface area contributed by atoms with E-state index in [1.54, 1.807) is 6.92 Å². The van der Waals surface area contributed by atoms with Crippen LogP contribution in [0.4, 0.5) is 0 Å². The molecule has 2 aromatic rings. The van der Waals surface area contributed by atoms with E-state index in [2.05, 4.69) is 0 Å². The number of carbonyl (C=O) groups is 3. The zero-order valence-electron chi connectivity index (χ0n) is 17.1. The number of nitrogens with zero attached hydrogens (tertiary/aromatic N) is 1. The van der Waals surface area contributed by atoms with Gasteiger partial charge in [-0.25, -0.2) is 4.79 Å². The van der Waals surface area contributed by atoms with Gasteiger partial charge in [-0.1, -0.05) is 60.7 Å². The predicted molar refractivity (Wildman–Crippen MR) is 115 cm³/mol. The molecule has 1 amide bonds. The third kappa shape index (κ3) is 3.96. The normalized spacial score (nSPS) is 22.6. The molecule has 2 N–H and O–H groups in total. The zero-order chi connectivity index (χ0) is 22.1. The molecule has 31 heavy (non-hydrogen) atoms. The van der Waals surface area contributed by atoms with Crippen LogP contribution in [0, 0.1) is 0 Å². The lowest BCUT2D eigenvalue weighted by molar-refractivity contribution is -0.154. The smallest absolute Gasteiger partial charge is 0.359 e. The van der Waals surface area contributed by atoms with Crippen LogP contribution in [0.2, 0.25) is 0 Å². The molecule has 0 saturated carbocycles. The van der Waals surface area contributed by atoms with Gasteiger partial charge in [-0.3, -0.25) is 14.5 Å². The number of ether oxygens (including phenoxy) is 2. The van der Waals surface area contributed by atoms with E-state index in [0.717, 1.165) is 11.1 Å². The Bertz CT molecular complexity index is 1000. The summed E-state index contributed by atoms with van der Waals surface area (Å²) in [5, 5.41) is -0.755. The lowest BCUT2D eigenvalue weighted by atomic mass is 10.0. The summed E-state index contributed by atoms with van der Waals surface area (Å²) in [4.78, 5) is 38.9. The van der Waals surface area contributed by atoms with Crippen LogP contribution in [-0.4, -0.2) is 39.4 Å². The molecule has 0 radical (unpaired) electrons. The highest BCUT2D eigenvalue weighted by molar-refractivity contribution is 8.00. The van der Waals surface area contributed by atoms with Crippen LogP contribution < -0.4 is 5.73 Å². The maximum Gasteiger partial charge on any atom is 0.359 e. The SMILES string of the molecule is CC(=O)OC1=C(C(=O)OC(c2ccccc2)c2ccccc2)N2C(=O)C(N)[C@H]2SC1C. The summed E-state index contributed by atoms with van der Waals surface area (Å²) >= 11 is 1.37. The van der Waals surface area contributed by atoms with Crippen LogP contribution in [0.5, 0.6) is 0 Å². The van der Waals surface area contributed by atoms with Crippen molar-refractivity contribution < 1.29 is 23.9 Å². The first kappa shape index (κ1) is 21.1. The quantitative estimate of drug-likeness (QED) is 0.566. The second-order valence-corrected chi connectivity index (χ2v) is 8.78. The first-order valence-corrected chi connectivity index (χ1v) is 10.8. The zero-order valence-corrected chi connectivity index (χ0v) is 17.9. The Kier molecular flexibility index (Phi) is 5.84. The van der Waals surface area contributed by atoms with E-state index in [-0.39, 0.29) is 16.7 Å². The Morgan fingerprint density at radius 1 is 1.03 bits per heavy atom. The van der Waals surface area contributed by atoms with Gasteiger partial charge in [0.05, 0.1) is 5.25 Å². The fraction of sp³-hybridized carbons (Fsp3) is 0.261. The highest BCUT2D eigenvalue weighted by Crippen LogP contribution is 2.44. The van der Waals surface area contributed by atoms with Gasteiger partial charge in [0.15, 0.2) is 17.6 Å². The Hall–Kier alpha value is -3.10. The van der Waals surface area contributed by atoms with Crippen molar-refractivity contribution in [1.29, 1.82) is 0 Å². The topological polar surface area (TPSA) is 98.9 Å². The third-order valence-corrected chi connectivity index (χ3v) is 6.55. The van der Waals surface area contributed by atoms with Gasteiger partial charge in [0, 0.05) is 6.92 Å². The summed E-state index contributed by atoms with van der Waals surface area (Å²) < 4.78 is 11.3. The molecule has 0 spiro atoms. The van der Waals surface area contributed by atoms with Gasteiger partial charge in [-0.2, -0.15) is 0 Å². The Labute approximate surface area is 184 Å². The van der Waals surface area contributed by atoms with E-state index in [1.807, 2.05) is 60.7 Å². The second-order valence-electron chi connectivity index (χ2n) is 7.32. The summed E-state index contributed by atoms with van der Waals surface area (Å²) in [6.07, 6.45) is -0.700. The number of amides is 1. The summed E-state index contributed by atoms with van der Waals surface area (Å²) in [7, 11) is 0. The van der Waals surface area contributed by atoms with Crippen molar-refractivity contribution in [3.05, 3.63) is 83.2 Å². The van der Waals surface area contributed by atoms with Crippen LogP contribution in [0.1, 0.15) is 31.1 Å². The minimum Gasteiger partial charge on any atom is -0.448 e. The number of hydrogen-bond donors (Lipinski definition) is 1. The summed E-state index contributed by atoms with van der Waals surface area (Å²) in [6.45, 7) is 3.05. The Morgan fingerprint density at radius 3 is 2.10 bits per heavy atom. The number of nitrogens with two attached hydrogens (primary N) is 1. The van der Waals surface area contributed by atoms with Crippen LogP contribution in [0.15, 0.2) is 72.1 Å². The number of β-lactam (4-membered cyclic amide) rings is 1. The molecule has 4 rings (SSSR count). The molecule has 0 bridgehead atoms. The van der Waals surface area contributed by atoms with Crippen LogP contribution >= 0.6 is 11.8 Å². The molecule has 7 nitrogen and oxygen atoms in total. The molecule has 2 aliphatic rings. The molecule has 2 heterocycles. The molecule has 2 aromatic carbocycles. The van der Waals surface area contributed by atoms with E-state index in [4.69, 9.17) is 15.2 Å². The van der Waals surface area contributed by atoms with Crippen LogP contribution in [-0.2, 0) is 23.9 Å². The molecule has 0 aromatic heterocycles. The van der Waals surface area contributed by atoms with Crippen molar-refractivity contribution in [1.82, 2.24) is 4.90 Å². The van der Waals surface area contributed by atoms with Crippen molar-refractivity contribution >= 4 is 29.6 Å². The number of fused-ring (bicyclic) bond motifs is 1. The molecule has 2 unspecified atom stereocenters. The van der Waals surface area contributed by atoms with Crippen molar-refractivity contribution in [2.24, 2.45) is 5.73 Å². The number of thioether (sulfide) groups is 1. The van der Waals surface area contributed by atoms with Gasteiger partial charge >= 0.3 is 11.9 Å². The van der Waals surface area contributed by atoms with Crippen molar-refractivity contribution in [2.45, 2.75) is 36.6 Å². The Balaban J connectivity index is 1.74. The number of benzene rings is 2. The third-order valence-electron chi connectivity index (χ3n) is 5.15. The summed E-state index contributed by atoms with van der Waals surface area (Å²) in [6, 6.07) is 17.9. The Morgan fingerprint density at radius 2 is 1.58 bits per heavy atom. The molecule has 3 atom stereocenters. The lowest BCUT2D eigenvalue weighted by Gasteiger charge is -2.49. The van der Waals surface area contributed by atoms with Gasteiger partial charge in [-0.05, 0) is 18.1 Å². The van der Waals surface area contributed by atoms with Crippen LogP contribution in [0.3, 0.4) is 0 Å². The number of rotatable bonds is 5. The molecule has 0 aliphatic carbocycles. The fourth-order valence-electron chi connectivity index (χ4n) is 3.68. The maximum absolute atomic E-state index is 13.4. The first-order chi connectivity index (χ1) is 14.9. The molecular weight excluding hydrogens is 416 g/mol. The molecular formula is C23H22N2O5S. The average Bonchev–Trinajstić information content (AvgIpc) is 2.78. The first-order valence-electron chi connectivity index (χ1n) is 9.86. The van der Waals surface area contributed by atoms with Crippen molar-refractivity contribution in [3.8, 4) is 0 Å². The van der Waals surface area contributed by atoms with Gasteiger partial charge in [0.25, 0.3) is 0 Å². The number of hydrogen-bond acceptors (Lipinski definition) is 7. The van der Waals surface area contributed by atoms with Crippen molar-refractivity contribution in [3.63, 3.8) is 0 Å². The maximum atomic E-state index is 13.4. The predicted octanol–water partition coefficient (Wildman–Crippen LogP) is 2.72. The largest absolute Gasteiger partial charge is 0.448 e. The number of carbonyl (C=O) groups excluding carboxylic acids is 3. The highest BCUT2D eigenvalue weighted by atomic mass is 32.2. The second kappa shape index (κ2) is 8.56. The minimum atomic E-state index is -0.744. The summed E-state index contributed by atoms with van der Waals surface area (Å²) in [5.74, 6) is -1.62. The summed E-state index contributed by atoms with van der Waals surface area (Å²) in [5.41, 5.74) is 7.43. The van der Waals surface area contributed by atoms with Gasteiger partial charge in [0.2, 0.25) is 5.91 Å². The molecule has 2 aliphatic heterocycles. The molecule has 1 fully saturated rings. The van der Waals surface area contributed by atoms with E-state index in [1.165, 1.54) is 23.6 Å². The minimum absolute atomic E-state index is 0.0602. The van der Waals surface area contributed by atoms with E-state index in [0.29, 0.717) is 0 Å². The van der Waals surface area contributed by atoms with Crippen molar-refractivity contribution in [2.75, 3.05) is 0 Å². The van der Waals surface area contributed by atoms with Gasteiger partial charge < -0.3 is 15.2 Å². The van der Waals surface area contributed by atoms with E-state index >= 15 is 0 Å². The monoisotopic (exact) mass is 438 g/mol. The van der Waals surface area contributed by atoms with Gasteiger partial charge in [0.1, 0.15) is 11.4 Å². The van der Waals surface area contributed by atoms with Crippen LogP contribution in [0.25, 0.3) is 0 Å². The fourth-order valence-corrected chi connectivity index (χ4v) is 5.00. The number of esters is 2. The lowest BCUT2D eigenvalue weighted by Crippen LogP contribution is -2.69. The van der Waals surface area contributed by atoms with Gasteiger partial charge in [-0.15, -0.1) is 11.8 Å². The van der Waals surface area contributed by atoms with E-state index in [9.17, 15) is 14.4 Å². The molecule has 160 valence electrons. The highest BCUT2D eigenvalue weighted by Gasteiger charge is 2.55. The van der Waals surface area contributed by atoms with E-state index < -0.39 is 35.4 Å². The molecule has 1 saturated heterocycles. The standard InChI is InChI=1S/C23H22N2O5S/c1-13-19(29-14(2)26)18(25-21(27)17(24)22(25)31-13)23(28)30-20(15-9-5-3-6-10-15)16-11-7-4-8-12-16/h3-13,17,20,22H,24H2,1-2H3/t13?,17?,22-/m1/s1.